The van der Waals surface area contributed by atoms with E-state index in [9.17, 15) is 0 Å². The molecule has 18 heavy (non-hydrogen) atoms. The van der Waals surface area contributed by atoms with E-state index in [0.717, 1.165) is 24.7 Å². The van der Waals surface area contributed by atoms with Gasteiger partial charge in [0.2, 0.25) is 0 Å². The van der Waals surface area contributed by atoms with E-state index < -0.39 is 0 Å². The highest BCUT2D eigenvalue weighted by Crippen LogP contribution is 2.41. The molecule has 0 bridgehead atoms. The highest BCUT2D eigenvalue weighted by Gasteiger charge is 2.39. The van der Waals surface area contributed by atoms with Gasteiger partial charge in [0.15, 0.2) is 0 Å². The maximum Gasteiger partial charge on any atom is 0.148 e. The van der Waals surface area contributed by atoms with E-state index in [0.29, 0.717) is 0 Å². The highest BCUT2D eigenvalue weighted by atomic mass is 15.4. The summed E-state index contributed by atoms with van der Waals surface area (Å²) >= 11 is 0. The number of nitrogens with zero attached hydrogens (tertiary/aromatic N) is 2. The van der Waals surface area contributed by atoms with Crippen LogP contribution in [0.2, 0.25) is 0 Å². The number of rotatable bonds is 1. The van der Waals surface area contributed by atoms with Crippen molar-refractivity contribution >= 4 is 11.5 Å². The molecular weight excluding hydrogens is 224 g/mol. The molecular formula is C14H24N4. The second-order valence-electron chi connectivity index (χ2n) is 6.09. The van der Waals surface area contributed by atoms with Crippen molar-refractivity contribution in [3.63, 3.8) is 0 Å². The lowest BCUT2D eigenvalue weighted by Gasteiger charge is -2.44. The van der Waals surface area contributed by atoms with Crippen molar-refractivity contribution in [2.24, 2.45) is 5.92 Å². The molecule has 0 aromatic carbocycles. The van der Waals surface area contributed by atoms with Crippen LogP contribution in [-0.2, 0) is 6.54 Å². The Hall–Kier alpha value is -1.19. The quantitative estimate of drug-likeness (QED) is 0.803. The highest BCUT2D eigenvalue weighted by molar-refractivity contribution is 5.71. The van der Waals surface area contributed by atoms with Gasteiger partial charge in [0.25, 0.3) is 0 Å². The number of hydrogen-bond acceptors (Lipinski definition) is 3. The molecule has 1 aliphatic carbocycles. The lowest BCUT2D eigenvalue weighted by molar-refractivity contribution is 0.265. The molecule has 4 nitrogen and oxygen atoms in total. The van der Waals surface area contributed by atoms with Crippen LogP contribution in [0.25, 0.3) is 0 Å². The molecule has 1 saturated carbocycles. The number of nitrogens with one attached hydrogen (secondary N) is 2. The first kappa shape index (κ1) is 11.9. The summed E-state index contributed by atoms with van der Waals surface area (Å²) in [7, 11) is 0. The van der Waals surface area contributed by atoms with Gasteiger partial charge >= 0.3 is 0 Å². The average Bonchev–Trinajstić information content (AvgIpc) is 2.65. The van der Waals surface area contributed by atoms with Crippen LogP contribution in [0.1, 0.15) is 45.2 Å². The Labute approximate surface area is 109 Å². The van der Waals surface area contributed by atoms with Gasteiger partial charge in [-0.3, -0.25) is 0 Å². The molecule has 2 aliphatic rings. The van der Waals surface area contributed by atoms with E-state index in [2.05, 4.69) is 41.2 Å². The molecule has 1 fully saturated rings. The number of aromatic nitrogens is 2. The summed E-state index contributed by atoms with van der Waals surface area (Å²) in [5.41, 5.74) is 2.57. The predicted octanol–water partition coefficient (Wildman–Crippen LogP) is 3.00. The summed E-state index contributed by atoms with van der Waals surface area (Å²) in [6.07, 6.45) is 5.26. The normalized spacial score (nSPS) is 30.7. The van der Waals surface area contributed by atoms with Crippen molar-refractivity contribution < 1.29 is 0 Å². The Morgan fingerprint density at radius 1 is 1.50 bits per heavy atom. The summed E-state index contributed by atoms with van der Waals surface area (Å²) in [5, 5.41) is 12.0. The Bertz CT molecular complexity index is 451. The van der Waals surface area contributed by atoms with Crippen molar-refractivity contribution in [1.29, 1.82) is 0 Å². The summed E-state index contributed by atoms with van der Waals surface area (Å²) in [6.45, 7) is 8.58. The molecule has 1 spiro atoms. The van der Waals surface area contributed by atoms with Crippen LogP contribution in [0.15, 0.2) is 0 Å². The number of aryl methyl sites for hydroxylation is 2. The van der Waals surface area contributed by atoms with Crippen molar-refractivity contribution in [3.8, 4) is 0 Å². The fourth-order valence-corrected chi connectivity index (χ4v) is 3.64. The third kappa shape index (κ3) is 1.78. The van der Waals surface area contributed by atoms with Gasteiger partial charge in [0, 0.05) is 13.1 Å². The Balaban J connectivity index is 1.92. The zero-order valence-electron chi connectivity index (χ0n) is 11.7. The van der Waals surface area contributed by atoms with Crippen LogP contribution in [-0.4, -0.2) is 21.9 Å². The van der Waals surface area contributed by atoms with E-state index in [4.69, 9.17) is 0 Å². The van der Waals surface area contributed by atoms with Crippen LogP contribution < -0.4 is 10.6 Å². The molecule has 4 heteroatoms. The predicted molar refractivity (Wildman–Crippen MR) is 75.1 cm³/mol. The maximum atomic E-state index is 4.60. The van der Waals surface area contributed by atoms with Gasteiger partial charge in [-0.15, -0.1) is 0 Å². The van der Waals surface area contributed by atoms with E-state index in [1.54, 1.807) is 0 Å². The second-order valence-corrected chi connectivity index (χ2v) is 6.09. The molecule has 1 aromatic rings. The van der Waals surface area contributed by atoms with Crippen LogP contribution in [0.4, 0.5) is 11.5 Å². The molecule has 0 amide bonds. The Kier molecular flexibility index (Phi) is 2.76. The molecule has 100 valence electrons. The SMILES string of the molecule is CCn1nc(C)c2c1NC1(CCCC(C)C1)CN2. The summed E-state index contributed by atoms with van der Waals surface area (Å²) in [5.74, 6) is 2.03. The van der Waals surface area contributed by atoms with E-state index in [1.165, 1.54) is 37.2 Å². The molecule has 0 saturated heterocycles. The lowest BCUT2D eigenvalue weighted by Crippen LogP contribution is -2.51. The third-order valence-electron chi connectivity index (χ3n) is 4.51. The minimum Gasteiger partial charge on any atom is -0.378 e. The smallest absolute Gasteiger partial charge is 0.148 e. The minimum absolute atomic E-state index is 0.254. The zero-order valence-corrected chi connectivity index (χ0v) is 11.7. The summed E-state index contributed by atoms with van der Waals surface area (Å²) in [6, 6.07) is 0. The van der Waals surface area contributed by atoms with Crippen molar-refractivity contribution in [2.75, 3.05) is 17.2 Å². The molecule has 3 rings (SSSR count). The van der Waals surface area contributed by atoms with Crippen LogP contribution >= 0.6 is 0 Å². The lowest BCUT2D eigenvalue weighted by atomic mass is 9.75. The van der Waals surface area contributed by atoms with Gasteiger partial charge in [0.05, 0.1) is 11.2 Å². The van der Waals surface area contributed by atoms with Crippen LogP contribution in [0.5, 0.6) is 0 Å². The second kappa shape index (κ2) is 4.18. The number of hydrogen-bond donors (Lipinski definition) is 2. The van der Waals surface area contributed by atoms with Gasteiger partial charge in [-0.1, -0.05) is 19.8 Å². The number of anilines is 2. The average molecular weight is 248 g/mol. The fourth-order valence-electron chi connectivity index (χ4n) is 3.64. The minimum atomic E-state index is 0.254. The van der Waals surface area contributed by atoms with Gasteiger partial charge < -0.3 is 10.6 Å². The largest absolute Gasteiger partial charge is 0.378 e. The Morgan fingerprint density at radius 3 is 3.06 bits per heavy atom. The summed E-state index contributed by atoms with van der Waals surface area (Å²) < 4.78 is 2.10. The summed E-state index contributed by atoms with van der Waals surface area (Å²) in [4.78, 5) is 0. The molecule has 2 heterocycles. The van der Waals surface area contributed by atoms with Gasteiger partial charge in [-0.25, -0.2) is 4.68 Å². The van der Waals surface area contributed by atoms with E-state index >= 15 is 0 Å². The van der Waals surface area contributed by atoms with Crippen LogP contribution in [0.3, 0.4) is 0 Å². The molecule has 2 atom stereocenters. The molecule has 0 radical (unpaired) electrons. The third-order valence-corrected chi connectivity index (χ3v) is 4.51. The van der Waals surface area contributed by atoms with Gasteiger partial charge in [0.1, 0.15) is 11.5 Å². The van der Waals surface area contributed by atoms with Gasteiger partial charge in [-0.05, 0) is 32.6 Å². The fraction of sp³-hybridized carbons (Fsp3) is 0.786. The molecule has 2 N–H and O–H groups in total. The molecule has 2 unspecified atom stereocenters. The topological polar surface area (TPSA) is 41.9 Å². The molecule has 1 aliphatic heterocycles. The maximum absolute atomic E-state index is 4.60. The number of fused-ring (bicyclic) bond motifs is 1. The van der Waals surface area contributed by atoms with E-state index in [1.807, 2.05) is 0 Å². The van der Waals surface area contributed by atoms with Crippen LogP contribution in [0, 0.1) is 12.8 Å². The van der Waals surface area contributed by atoms with Crippen molar-refractivity contribution in [2.45, 2.75) is 58.5 Å². The monoisotopic (exact) mass is 248 g/mol. The van der Waals surface area contributed by atoms with Crippen molar-refractivity contribution in [1.82, 2.24) is 9.78 Å². The Morgan fingerprint density at radius 2 is 2.33 bits per heavy atom. The van der Waals surface area contributed by atoms with Crippen molar-refractivity contribution in [3.05, 3.63) is 5.69 Å². The first-order valence-corrected chi connectivity index (χ1v) is 7.23. The standard InChI is InChI=1S/C14H24N4/c1-4-18-13-12(11(3)17-18)15-9-14(16-13)7-5-6-10(2)8-14/h10,15-16H,4-9H2,1-3H3. The first-order valence-electron chi connectivity index (χ1n) is 7.23. The zero-order chi connectivity index (χ0) is 12.8. The van der Waals surface area contributed by atoms with Gasteiger partial charge in [-0.2, -0.15) is 5.10 Å². The first-order chi connectivity index (χ1) is 8.63. The van der Waals surface area contributed by atoms with E-state index in [-0.39, 0.29) is 5.54 Å². The molecule has 1 aromatic heterocycles.